The summed E-state index contributed by atoms with van der Waals surface area (Å²) in [7, 11) is 0. The van der Waals surface area contributed by atoms with Gasteiger partial charge in [-0.1, -0.05) is 12.1 Å². The van der Waals surface area contributed by atoms with Gasteiger partial charge in [0.25, 0.3) is 0 Å². The molecule has 104 valence electrons. The van der Waals surface area contributed by atoms with Gasteiger partial charge >= 0.3 is 0 Å². The second kappa shape index (κ2) is 5.51. The number of fused-ring (bicyclic) bond motifs is 1. The molecule has 3 heteroatoms. The van der Waals surface area contributed by atoms with Gasteiger partial charge in [0.1, 0.15) is 0 Å². The first-order chi connectivity index (χ1) is 9.22. The van der Waals surface area contributed by atoms with E-state index in [0.717, 1.165) is 13.1 Å². The van der Waals surface area contributed by atoms with Crippen molar-refractivity contribution in [3.63, 3.8) is 0 Å². The second-order valence-corrected chi connectivity index (χ2v) is 6.07. The maximum atomic E-state index is 3.47. The zero-order chi connectivity index (χ0) is 13.2. The standard InChI is InChI=1S/C16H25N3/c1-13(2)19-9-7-18(8-10-19)12-14-3-4-15-5-6-17-16(15)11-14/h3-4,11,13,17H,5-10,12H2,1-2H3. The van der Waals surface area contributed by atoms with Crippen LogP contribution in [0.1, 0.15) is 25.0 Å². The van der Waals surface area contributed by atoms with Gasteiger partial charge in [-0.2, -0.15) is 0 Å². The van der Waals surface area contributed by atoms with Crippen molar-refractivity contribution in [3.05, 3.63) is 29.3 Å². The highest BCUT2D eigenvalue weighted by molar-refractivity contribution is 5.57. The molecule has 0 saturated carbocycles. The Bertz CT molecular complexity index is 434. The zero-order valence-electron chi connectivity index (χ0n) is 12.2. The molecule has 1 aromatic carbocycles. The molecule has 1 fully saturated rings. The predicted molar refractivity (Wildman–Crippen MR) is 80.6 cm³/mol. The average Bonchev–Trinajstić information content (AvgIpc) is 2.87. The molecular formula is C16H25N3. The van der Waals surface area contributed by atoms with Gasteiger partial charge < -0.3 is 5.32 Å². The van der Waals surface area contributed by atoms with E-state index < -0.39 is 0 Å². The van der Waals surface area contributed by atoms with E-state index in [9.17, 15) is 0 Å². The molecule has 1 aromatic rings. The van der Waals surface area contributed by atoms with Crippen molar-refractivity contribution in [2.45, 2.75) is 32.9 Å². The number of nitrogens with one attached hydrogen (secondary N) is 1. The first-order valence-corrected chi connectivity index (χ1v) is 7.54. The molecule has 19 heavy (non-hydrogen) atoms. The quantitative estimate of drug-likeness (QED) is 0.897. The van der Waals surface area contributed by atoms with Crippen molar-refractivity contribution < 1.29 is 0 Å². The largest absolute Gasteiger partial charge is 0.384 e. The minimum atomic E-state index is 0.686. The first kappa shape index (κ1) is 12.9. The Morgan fingerprint density at radius 1 is 1.16 bits per heavy atom. The van der Waals surface area contributed by atoms with E-state index in [1.807, 2.05) is 0 Å². The number of anilines is 1. The SMILES string of the molecule is CC(C)N1CCN(Cc2ccc3c(c2)NCC3)CC1. The topological polar surface area (TPSA) is 18.5 Å². The first-order valence-electron chi connectivity index (χ1n) is 7.54. The van der Waals surface area contributed by atoms with E-state index >= 15 is 0 Å². The summed E-state index contributed by atoms with van der Waals surface area (Å²) in [6, 6.07) is 7.64. The third kappa shape index (κ3) is 2.93. The van der Waals surface area contributed by atoms with Crippen LogP contribution in [0.4, 0.5) is 5.69 Å². The van der Waals surface area contributed by atoms with Gasteiger partial charge in [-0.05, 0) is 37.5 Å². The average molecular weight is 259 g/mol. The highest BCUT2D eigenvalue weighted by atomic mass is 15.3. The van der Waals surface area contributed by atoms with Crippen molar-refractivity contribution >= 4 is 5.69 Å². The molecule has 3 rings (SSSR count). The van der Waals surface area contributed by atoms with Crippen LogP contribution < -0.4 is 5.32 Å². The van der Waals surface area contributed by atoms with Crippen LogP contribution in [0.3, 0.4) is 0 Å². The monoisotopic (exact) mass is 259 g/mol. The van der Waals surface area contributed by atoms with Crippen LogP contribution in [0.25, 0.3) is 0 Å². The molecule has 3 nitrogen and oxygen atoms in total. The molecule has 0 aliphatic carbocycles. The van der Waals surface area contributed by atoms with Gasteiger partial charge in [0.2, 0.25) is 0 Å². The molecular weight excluding hydrogens is 234 g/mol. The van der Waals surface area contributed by atoms with E-state index in [1.165, 1.54) is 49.4 Å². The molecule has 0 aromatic heterocycles. The lowest BCUT2D eigenvalue weighted by atomic mass is 10.1. The molecule has 2 heterocycles. The Morgan fingerprint density at radius 3 is 2.68 bits per heavy atom. The fraction of sp³-hybridized carbons (Fsp3) is 0.625. The van der Waals surface area contributed by atoms with Gasteiger partial charge in [-0.3, -0.25) is 9.80 Å². The third-order valence-electron chi connectivity index (χ3n) is 4.43. The van der Waals surface area contributed by atoms with Gasteiger partial charge in [0.05, 0.1) is 0 Å². The molecule has 0 radical (unpaired) electrons. The molecule has 2 aliphatic rings. The number of nitrogens with zero attached hydrogens (tertiary/aromatic N) is 2. The second-order valence-electron chi connectivity index (χ2n) is 6.07. The normalized spacial score (nSPS) is 20.6. The lowest BCUT2D eigenvalue weighted by molar-refractivity contribution is 0.104. The van der Waals surface area contributed by atoms with Crippen LogP contribution in [-0.4, -0.2) is 48.6 Å². The number of piperazine rings is 1. The molecule has 1 saturated heterocycles. The summed E-state index contributed by atoms with van der Waals surface area (Å²) < 4.78 is 0. The summed E-state index contributed by atoms with van der Waals surface area (Å²) in [6.07, 6.45) is 1.18. The molecule has 0 atom stereocenters. The van der Waals surface area contributed by atoms with Crippen molar-refractivity contribution in [1.29, 1.82) is 0 Å². The summed E-state index contributed by atoms with van der Waals surface area (Å²) in [5.41, 5.74) is 4.29. The maximum absolute atomic E-state index is 3.47. The van der Waals surface area contributed by atoms with Crippen molar-refractivity contribution in [3.8, 4) is 0 Å². The van der Waals surface area contributed by atoms with Gasteiger partial charge in [0, 0.05) is 51.0 Å². The van der Waals surface area contributed by atoms with Crippen LogP contribution in [0, 0.1) is 0 Å². The molecule has 1 N–H and O–H groups in total. The number of hydrogen-bond donors (Lipinski definition) is 1. The van der Waals surface area contributed by atoms with Crippen molar-refractivity contribution in [1.82, 2.24) is 9.80 Å². The summed E-state index contributed by atoms with van der Waals surface area (Å²) in [4.78, 5) is 5.15. The van der Waals surface area contributed by atoms with Gasteiger partial charge in [-0.15, -0.1) is 0 Å². The zero-order valence-corrected chi connectivity index (χ0v) is 12.2. The molecule has 0 unspecified atom stereocenters. The summed E-state index contributed by atoms with van der Waals surface area (Å²) in [6.45, 7) is 11.6. The number of benzene rings is 1. The van der Waals surface area contributed by atoms with E-state index in [-0.39, 0.29) is 0 Å². The van der Waals surface area contributed by atoms with Crippen LogP contribution >= 0.6 is 0 Å². The molecule has 0 bridgehead atoms. The van der Waals surface area contributed by atoms with Crippen LogP contribution in [0.5, 0.6) is 0 Å². The van der Waals surface area contributed by atoms with Crippen molar-refractivity contribution in [2.24, 2.45) is 0 Å². The van der Waals surface area contributed by atoms with Gasteiger partial charge in [0.15, 0.2) is 0 Å². The number of hydrogen-bond acceptors (Lipinski definition) is 3. The molecule has 2 aliphatic heterocycles. The fourth-order valence-corrected chi connectivity index (χ4v) is 3.13. The summed E-state index contributed by atoms with van der Waals surface area (Å²) in [5, 5.41) is 3.47. The minimum absolute atomic E-state index is 0.686. The Balaban J connectivity index is 1.58. The van der Waals surface area contributed by atoms with Crippen LogP contribution in [0.15, 0.2) is 18.2 Å². The molecule has 0 spiro atoms. The van der Waals surface area contributed by atoms with E-state index in [0.29, 0.717) is 6.04 Å². The van der Waals surface area contributed by atoms with E-state index in [2.05, 4.69) is 47.2 Å². The van der Waals surface area contributed by atoms with E-state index in [1.54, 1.807) is 0 Å². The fourth-order valence-electron chi connectivity index (χ4n) is 3.13. The maximum Gasteiger partial charge on any atom is 0.0376 e. The Hall–Kier alpha value is -1.06. The highest BCUT2D eigenvalue weighted by Crippen LogP contribution is 2.24. The van der Waals surface area contributed by atoms with Crippen LogP contribution in [0.2, 0.25) is 0 Å². The van der Waals surface area contributed by atoms with Crippen molar-refractivity contribution in [2.75, 3.05) is 38.0 Å². The lowest BCUT2D eigenvalue weighted by Gasteiger charge is -2.37. The summed E-state index contributed by atoms with van der Waals surface area (Å²) >= 11 is 0. The smallest absolute Gasteiger partial charge is 0.0376 e. The third-order valence-corrected chi connectivity index (χ3v) is 4.43. The Kier molecular flexibility index (Phi) is 3.76. The van der Waals surface area contributed by atoms with Crippen LogP contribution in [-0.2, 0) is 13.0 Å². The predicted octanol–water partition coefficient (Wildman–Crippen LogP) is 2.18. The lowest BCUT2D eigenvalue weighted by Crippen LogP contribution is -2.48. The Morgan fingerprint density at radius 2 is 1.95 bits per heavy atom. The minimum Gasteiger partial charge on any atom is -0.384 e. The Labute approximate surface area is 116 Å². The highest BCUT2D eigenvalue weighted by Gasteiger charge is 2.19. The summed E-state index contributed by atoms with van der Waals surface area (Å²) in [5.74, 6) is 0. The van der Waals surface area contributed by atoms with Gasteiger partial charge in [-0.25, -0.2) is 0 Å². The molecule has 0 amide bonds. The number of rotatable bonds is 3. The van der Waals surface area contributed by atoms with E-state index in [4.69, 9.17) is 0 Å².